The molecule has 2 rings (SSSR count). The van der Waals surface area contributed by atoms with Crippen molar-refractivity contribution < 1.29 is 57.9 Å². The molecule has 2 aromatic rings. The molecule has 0 unspecified atom stereocenters. The lowest BCUT2D eigenvalue weighted by molar-refractivity contribution is -0.162. The molecule has 204 valence electrons. The van der Waals surface area contributed by atoms with E-state index in [9.17, 15) is 28.8 Å². The van der Waals surface area contributed by atoms with Crippen molar-refractivity contribution >= 4 is 35.8 Å². The van der Waals surface area contributed by atoms with Gasteiger partial charge in [0, 0.05) is 0 Å². The molecule has 0 amide bonds. The summed E-state index contributed by atoms with van der Waals surface area (Å²) in [6.07, 6.45) is -1.17. The second-order valence-corrected chi connectivity index (χ2v) is 7.40. The zero-order chi connectivity index (χ0) is 28.2. The highest BCUT2D eigenvalue weighted by Crippen LogP contribution is 2.03. The van der Waals surface area contributed by atoms with Crippen LogP contribution < -0.4 is 0 Å². The molecule has 0 aliphatic heterocycles. The average molecular weight is 532 g/mol. The van der Waals surface area contributed by atoms with Gasteiger partial charge in [-0.05, 0) is 11.1 Å². The second-order valence-electron chi connectivity index (χ2n) is 7.40. The van der Waals surface area contributed by atoms with Gasteiger partial charge in [0.2, 0.25) is 0 Å². The van der Waals surface area contributed by atoms with E-state index in [2.05, 4.69) is 0 Å². The fraction of sp³-hybridized carbons (Fsp3) is 0.308. The van der Waals surface area contributed by atoms with Gasteiger partial charge in [0.15, 0.2) is 13.2 Å². The van der Waals surface area contributed by atoms with Gasteiger partial charge < -0.3 is 29.2 Å². The smallest absolute Gasteiger partial charge is 0.344 e. The van der Waals surface area contributed by atoms with E-state index >= 15 is 0 Å². The largest absolute Gasteiger partial charge is 0.481 e. The predicted octanol–water partition coefficient (Wildman–Crippen LogP) is 2.28. The number of ether oxygens (including phenoxy) is 4. The van der Waals surface area contributed by atoms with Crippen LogP contribution in [0.1, 0.15) is 36.8 Å². The number of hydrogen-bond donors (Lipinski definition) is 2. The summed E-state index contributed by atoms with van der Waals surface area (Å²) in [4.78, 5) is 65.6. The first-order chi connectivity index (χ1) is 18.2. The van der Waals surface area contributed by atoms with E-state index in [1.54, 1.807) is 24.3 Å². The number of carbonyl (C=O) groups is 6. The van der Waals surface area contributed by atoms with Crippen LogP contribution in [0.15, 0.2) is 60.7 Å². The summed E-state index contributed by atoms with van der Waals surface area (Å²) in [5.74, 6) is -5.06. The van der Waals surface area contributed by atoms with Crippen LogP contribution in [-0.4, -0.2) is 59.2 Å². The summed E-state index contributed by atoms with van der Waals surface area (Å²) in [6, 6.07) is 18.1. The molecule has 0 saturated carbocycles. The molecule has 12 nitrogen and oxygen atoms in total. The molecule has 0 spiro atoms. The Morgan fingerprint density at radius 3 is 1.13 bits per heavy atom. The van der Waals surface area contributed by atoms with Crippen LogP contribution in [-0.2, 0) is 60.9 Å². The Morgan fingerprint density at radius 1 is 0.474 bits per heavy atom. The van der Waals surface area contributed by atoms with E-state index < -0.39 is 49.0 Å². The number of aliphatic carboxylic acids is 2. The van der Waals surface area contributed by atoms with E-state index in [4.69, 9.17) is 29.2 Å². The maximum Gasteiger partial charge on any atom is 0.344 e. The Hall–Kier alpha value is -4.74. The summed E-state index contributed by atoms with van der Waals surface area (Å²) < 4.78 is 19.4. The van der Waals surface area contributed by atoms with Crippen molar-refractivity contribution in [2.24, 2.45) is 0 Å². The molecule has 12 heteroatoms. The lowest BCUT2D eigenvalue weighted by Gasteiger charge is -2.07. The van der Waals surface area contributed by atoms with Crippen molar-refractivity contribution in [3.05, 3.63) is 71.8 Å². The van der Waals surface area contributed by atoms with Crippen molar-refractivity contribution in [3.63, 3.8) is 0 Å². The predicted molar refractivity (Wildman–Crippen MR) is 128 cm³/mol. The van der Waals surface area contributed by atoms with Gasteiger partial charge in [-0.25, -0.2) is 9.59 Å². The molecule has 0 aliphatic rings. The van der Waals surface area contributed by atoms with Gasteiger partial charge in [-0.15, -0.1) is 0 Å². The van der Waals surface area contributed by atoms with Crippen molar-refractivity contribution in [2.75, 3.05) is 13.2 Å². The summed E-state index contributed by atoms with van der Waals surface area (Å²) in [5.41, 5.74) is 1.62. The van der Waals surface area contributed by atoms with Gasteiger partial charge in [-0.2, -0.15) is 0 Å². The Balaban J connectivity index is 0.000000781. The highest BCUT2D eigenvalue weighted by molar-refractivity contribution is 5.81. The zero-order valence-electron chi connectivity index (χ0n) is 20.4. The first-order valence-corrected chi connectivity index (χ1v) is 11.3. The van der Waals surface area contributed by atoms with Gasteiger partial charge >= 0.3 is 35.8 Å². The molecule has 2 N–H and O–H groups in total. The molecular formula is C26H28O12. The van der Waals surface area contributed by atoms with Crippen LogP contribution in [0.5, 0.6) is 0 Å². The van der Waals surface area contributed by atoms with E-state index in [0.717, 1.165) is 11.1 Å². The van der Waals surface area contributed by atoms with E-state index in [0.29, 0.717) is 0 Å². The molecule has 0 saturated heterocycles. The quantitative estimate of drug-likeness (QED) is 0.268. The Bertz CT molecular complexity index is 965. The Labute approximate surface area is 218 Å². The first-order valence-electron chi connectivity index (χ1n) is 11.3. The maximum absolute atomic E-state index is 11.6. The lowest BCUT2D eigenvalue weighted by Crippen LogP contribution is -2.19. The van der Waals surface area contributed by atoms with Crippen LogP contribution in [0.3, 0.4) is 0 Å². The molecule has 0 aliphatic carbocycles. The molecular weight excluding hydrogens is 504 g/mol. The number of carboxylic acid groups (broad SMARTS) is 2. The number of hydrogen-bond acceptors (Lipinski definition) is 10. The summed E-state index contributed by atoms with van der Waals surface area (Å²) in [7, 11) is 0. The number of carboxylic acids is 2. The lowest BCUT2D eigenvalue weighted by atomic mass is 10.2. The monoisotopic (exact) mass is 532 g/mol. The number of rotatable bonds is 14. The molecule has 0 aromatic heterocycles. The highest BCUT2D eigenvalue weighted by Gasteiger charge is 2.14. The minimum atomic E-state index is -1.08. The fourth-order valence-corrected chi connectivity index (χ4v) is 2.40. The van der Waals surface area contributed by atoms with Gasteiger partial charge in [0.25, 0.3) is 0 Å². The standard InChI is InChI=1S/C22H22O8.C4H6O4/c23-19(29-15-21(25)27-13-17-7-3-1-4-8-17)11-12-20(24)30-16-22(26)28-14-18-9-5-2-6-10-18;5-3(6)1-2-4(7)8/h1-10H,11-16H2;1-2H2,(H,5,6)(H,7,8). The third-order valence-corrected chi connectivity index (χ3v) is 4.27. The minimum absolute atomic E-state index is 0.0733. The molecule has 0 fully saturated rings. The molecule has 0 bridgehead atoms. The van der Waals surface area contributed by atoms with E-state index in [-0.39, 0.29) is 38.9 Å². The van der Waals surface area contributed by atoms with Gasteiger partial charge in [-0.1, -0.05) is 60.7 Å². The van der Waals surface area contributed by atoms with E-state index in [1.807, 2.05) is 36.4 Å². The Morgan fingerprint density at radius 2 is 0.816 bits per heavy atom. The van der Waals surface area contributed by atoms with Crippen LogP contribution in [0.2, 0.25) is 0 Å². The summed E-state index contributed by atoms with van der Waals surface area (Å²) >= 11 is 0. The van der Waals surface area contributed by atoms with E-state index in [1.165, 1.54) is 0 Å². The van der Waals surface area contributed by atoms with Crippen molar-refractivity contribution in [3.8, 4) is 0 Å². The summed E-state index contributed by atoms with van der Waals surface area (Å²) in [5, 5.41) is 15.8. The van der Waals surface area contributed by atoms with Crippen LogP contribution in [0.25, 0.3) is 0 Å². The third-order valence-electron chi connectivity index (χ3n) is 4.27. The third kappa shape index (κ3) is 16.8. The number of esters is 4. The zero-order valence-corrected chi connectivity index (χ0v) is 20.4. The molecule has 0 atom stereocenters. The SMILES string of the molecule is O=C(CCC(=O)OCC(=O)OCc1ccccc1)OCC(=O)OCc1ccccc1.O=C(O)CCC(=O)O. The summed E-state index contributed by atoms with van der Waals surface area (Å²) in [6.45, 7) is -0.951. The number of benzene rings is 2. The van der Waals surface area contributed by atoms with Crippen molar-refractivity contribution in [1.82, 2.24) is 0 Å². The highest BCUT2D eigenvalue weighted by atomic mass is 16.6. The minimum Gasteiger partial charge on any atom is -0.481 e. The van der Waals surface area contributed by atoms with Gasteiger partial charge in [0.05, 0.1) is 25.7 Å². The second kappa shape index (κ2) is 18.5. The van der Waals surface area contributed by atoms with Crippen LogP contribution in [0, 0.1) is 0 Å². The van der Waals surface area contributed by atoms with Crippen LogP contribution in [0.4, 0.5) is 0 Å². The average Bonchev–Trinajstić information content (AvgIpc) is 2.91. The van der Waals surface area contributed by atoms with Crippen molar-refractivity contribution in [1.29, 1.82) is 0 Å². The molecule has 38 heavy (non-hydrogen) atoms. The van der Waals surface area contributed by atoms with Crippen molar-refractivity contribution in [2.45, 2.75) is 38.9 Å². The maximum atomic E-state index is 11.6. The molecule has 0 heterocycles. The first kappa shape index (κ1) is 31.3. The normalized spacial score (nSPS) is 9.68. The van der Waals surface area contributed by atoms with Gasteiger partial charge in [-0.3, -0.25) is 19.2 Å². The van der Waals surface area contributed by atoms with Crippen LogP contribution >= 0.6 is 0 Å². The number of carbonyl (C=O) groups excluding carboxylic acids is 4. The topological polar surface area (TPSA) is 180 Å². The Kier molecular flexibility index (Phi) is 15.2. The molecule has 0 radical (unpaired) electrons. The fourth-order valence-electron chi connectivity index (χ4n) is 2.40. The molecule has 2 aromatic carbocycles. The van der Waals surface area contributed by atoms with Gasteiger partial charge in [0.1, 0.15) is 13.2 Å².